The Hall–Kier alpha value is -4.38. The third-order valence-electron chi connectivity index (χ3n) is 7.42. The lowest BCUT2D eigenvalue weighted by molar-refractivity contribution is -0.135. The van der Waals surface area contributed by atoms with E-state index >= 15 is 0 Å². The number of imidazole rings is 2. The van der Waals surface area contributed by atoms with Crippen LogP contribution in [0.1, 0.15) is 43.4 Å². The highest BCUT2D eigenvalue weighted by Gasteiger charge is 2.36. The molecule has 0 saturated carbocycles. The standard InChI is InChI=1S/C30H32N6O2/c1-5-21(2)29-30-33-26(25-8-6-7-9-27(25)38-4)19-34(30)14-15-36(29)28(37)16-24-17-32-20-35(24)18-22-10-12-23(31-3)13-11-22/h6-13,17,19-21,29H,5,14-16,18H2,1-2,4H3. The second-order valence-corrected chi connectivity index (χ2v) is 9.76. The second-order valence-electron chi connectivity index (χ2n) is 9.76. The molecule has 5 rings (SSSR count). The molecule has 1 amide bonds. The quantitative estimate of drug-likeness (QED) is 0.294. The molecule has 1 aliphatic rings. The maximum atomic E-state index is 13.8. The van der Waals surface area contributed by atoms with Crippen LogP contribution in [0.15, 0.2) is 67.3 Å². The number of carbonyl (C=O) groups is 1. The second kappa shape index (κ2) is 10.9. The van der Waals surface area contributed by atoms with Crippen LogP contribution in [0.25, 0.3) is 16.1 Å². The number of rotatable bonds is 8. The zero-order valence-corrected chi connectivity index (χ0v) is 22.0. The summed E-state index contributed by atoms with van der Waals surface area (Å²) in [4.78, 5) is 28.6. The van der Waals surface area contributed by atoms with E-state index in [2.05, 4.69) is 34.4 Å². The Balaban J connectivity index is 1.39. The first-order valence-electron chi connectivity index (χ1n) is 13.0. The highest BCUT2D eigenvalue weighted by Crippen LogP contribution is 2.37. The fourth-order valence-corrected chi connectivity index (χ4v) is 5.16. The smallest absolute Gasteiger partial charge is 0.229 e. The Morgan fingerprint density at radius 3 is 2.71 bits per heavy atom. The molecule has 8 nitrogen and oxygen atoms in total. The van der Waals surface area contributed by atoms with Crippen molar-refractivity contribution in [3.8, 4) is 17.0 Å². The highest BCUT2D eigenvalue weighted by molar-refractivity contribution is 5.79. The molecule has 38 heavy (non-hydrogen) atoms. The van der Waals surface area contributed by atoms with Crippen molar-refractivity contribution in [3.05, 3.63) is 95.8 Å². The van der Waals surface area contributed by atoms with Gasteiger partial charge in [0.05, 0.1) is 38.2 Å². The molecular formula is C30H32N6O2. The summed E-state index contributed by atoms with van der Waals surface area (Å²) in [5.41, 5.74) is 4.36. The lowest BCUT2D eigenvalue weighted by Crippen LogP contribution is -2.45. The van der Waals surface area contributed by atoms with E-state index in [9.17, 15) is 4.79 Å². The summed E-state index contributed by atoms with van der Waals surface area (Å²) in [6.45, 7) is 13.4. The number of carbonyl (C=O) groups excluding carboxylic acids is 1. The number of fused-ring (bicyclic) bond motifs is 1. The number of amides is 1. The van der Waals surface area contributed by atoms with Gasteiger partial charge in [-0.05, 0) is 23.6 Å². The van der Waals surface area contributed by atoms with Crippen molar-refractivity contribution in [1.29, 1.82) is 0 Å². The van der Waals surface area contributed by atoms with E-state index in [0.717, 1.165) is 40.5 Å². The molecule has 0 radical (unpaired) electrons. The van der Waals surface area contributed by atoms with Gasteiger partial charge in [-0.25, -0.2) is 14.8 Å². The first kappa shape index (κ1) is 25.3. The van der Waals surface area contributed by atoms with E-state index in [1.165, 1.54) is 0 Å². The van der Waals surface area contributed by atoms with Gasteiger partial charge in [0.2, 0.25) is 5.91 Å². The van der Waals surface area contributed by atoms with Gasteiger partial charge in [-0.1, -0.05) is 56.7 Å². The molecule has 0 bridgehead atoms. The Kier molecular flexibility index (Phi) is 7.27. The van der Waals surface area contributed by atoms with Crippen LogP contribution >= 0.6 is 0 Å². The first-order valence-corrected chi connectivity index (χ1v) is 13.0. The van der Waals surface area contributed by atoms with Gasteiger partial charge < -0.3 is 18.8 Å². The van der Waals surface area contributed by atoms with Gasteiger partial charge in [0.1, 0.15) is 11.6 Å². The third kappa shape index (κ3) is 4.92. The molecule has 2 aromatic heterocycles. The Morgan fingerprint density at radius 2 is 1.97 bits per heavy atom. The van der Waals surface area contributed by atoms with Crippen LogP contribution in [-0.4, -0.2) is 43.6 Å². The summed E-state index contributed by atoms with van der Waals surface area (Å²) in [7, 11) is 1.67. The SMILES string of the molecule is [C-]#[N+]c1ccc(Cn2cncc2CC(=O)N2CCn3cc(-c4ccccc4OC)nc3C2C(C)CC)cc1. The van der Waals surface area contributed by atoms with Crippen LogP contribution in [-0.2, 0) is 24.3 Å². The molecule has 3 heterocycles. The van der Waals surface area contributed by atoms with Gasteiger partial charge >= 0.3 is 0 Å². The monoisotopic (exact) mass is 508 g/mol. The molecule has 4 aromatic rings. The van der Waals surface area contributed by atoms with Crippen LogP contribution < -0.4 is 4.74 Å². The topological polar surface area (TPSA) is 69.5 Å². The summed E-state index contributed by atoms with van der Waals surface area (Å²) < 4.78 is 9.78. The summed E-state index contributed by atoms with van der Waals surface area (Å²) in [5.74, 6) is 2.03. The molecule has 2 unspecified atom stereocenters. The van der Waals surface area contributed by atoms with Crippen molar-refractivity contribution < 1.29 is 9.53 Å². The van der Waals surface area contributed by atoms with E-state index < -0.39 is 0 Å². The van der Waals surface area contributed by atoms with E-state index in [4.69, 9.17) is 16.3 Å². The summed E-state index contributed by atoms with van der Waals surface area (Å²) in [6, 6.07) is 15.3. The number of hydrogen-bond donors (Lipinski definition) is 0. The summed E-state index contributed by atoms with van der Waals surface area (Å²) in [5, 5.41) is 0. The molecule has 1 aliphatic heterocycles. The van der Waals surface area contributed by atoms with Crippen LogP contribution in [0.4, 0.5) is 5.69 Å². The molecule has 194 valence electrons. The predicted molar refractivity (Wildman–Crippen MR) is 146 cm³/mol. The lowest BCUT2D eigenvalue weighted by atomic mass is 9.95. The molecule has 0 N–H and O–H groups in total. The van der Waals surface area contributed by atoms with Crippen LogP contribution in [0.3, 0.4) is 0 Å². The van der Waals surface area contributed by atoms with Gasteiger partial charge in [-0.3, -0.25) is 4.79 Å². The largest absolute Gasteiger partial charge is 0.496 e. The average molecular weight is 509 g/mol. The van der Waals surface area contributed by atoms with Crippen LogP contribution in [0.2, 0.25) is 0 Å². The predicted octanol–water partition coefficient (Wildman–Crippen LogP) is 5.53. The molecule has 2 aromatic carbocycles. The minimum Gasteiger partial charge on any atom is -0.496 e. The van der Waals surface area contributed by atoms with Crippen LogP contribution in [0, 0.1) is 12.5 Å². The Bertz CT molecular complexity index is 1460. The zero-order valence-electron chi connectivity index (χ0n) is 22.0. The lowest BCUT2D eigenvalue weighted by Gasteiger charge is -2.39. The van der Waals surface area contributed by atoms with E-state index in [1.54, 1.807) is 19.6 Å². The molecule has 0 aliphatic carbocycles. The highest BCUT2D eigenvalue weighted by atomic mass is 16.5. The summed E-state index contributed by atoms with van der Waals surface area (Å²) >= 11 is 0. The van der Waals surface area contributed by atoms with Gasteiger partial charge in [0.15, 0.2) is 5.69 Å². The number of ether oxygens (including phenoxy) is 1. The number of para-hydroxylation sites is 1. The van der Waals surface area contributed by atoms with Crippen molar-refractivity contribution in [2.24, 2.45) is 5.92 Å². The number of methoxy groups -OCH3 is 1. The normalized spacial score (nSPS) is 15.5. The molecular weight excluding hydrogens is 476 g/mol. The number of hydrogen-bond acceptors (Lipinski definition) is 4. The van der Waals surface area contributed by atoms with E-state index in [0.29, 0.717) is 25.3 Å². The molecule has 0 saturated heterocycles. The van der Waals surface area contributed by atoms with E-state index in [1.807, 2.05) is 58.0 Å². The summed E-state index contributed by atoms with van der Waals surface area (Å²) in [6.07, 6.45) is 6.82. The Labute approximate surface area is 223 Å². The first-order chi connectivity index (χ1) is 18.5. The minimum atomic E-state index is -0.109. The van der Waals surface area contributed by atoms with Gasteiger partial charge in [-0.15, -0.1) is 0 Å². The fraction of sp³-hybridized carbons (Fsp3) is 0.333. The van der Waals surface area contributed by atoms with Gasteiger partial charge in [0, 0.05) is 43.3 Å². The van der Waals surface area contributed by atoms with Crippen molar-refractivity contribution in [2.45, 2.75) is 45.8 Å². The molecule has 2 atom stereocenters. The zero-order chi connectivity index (χ0) is 26.6. The molecule has 0 fully saturated rings. The van der Waals surface area contributed by atoms with Crippen LogP contribution in [0.5, 0.6) is 5.75 Å². The van der Waals surface area contributed by atoms with E-state index in [-0.39, 0.29) is 24.3 Å². The van der Waals surface area contributed by atoms with Crippen molar-refractivity contribution in [2.75, 3.05) is 13.7 Å². The maximum Gasteiger partial charge on any atom is 0.229 e. The van der Waals surface area contributed by atoms with Crippen molar-refractivity contribution in [1.82, 2.24) is 24.0 Å². The van der Waals surface area contributed by atoms with Gasteiger partial charge in [-0.2, -0.15) is 0 Å². The molecule has 8 heteroatoms. The van der Waals surface area contributed by atoms with Crippen molar-refractivity contribution >= 4 is 11.6 Å². The molecule has 0 spiro atoms. The van der Waals surface area contributed by atoms with Gasteiger partial charge in [0.25, 0.3) is 0 Å². The van der Waals surface area contributed by atoms with Crippen molar-refractivity contribution in [3.63, 3.8) is 0 Å². The minimum absolute atomic E-state index is 0.0773. The average Bonchev–Trinajstić information content (AvgIpc) is 3.59. The maximum absolute atomic E-state index is 13.8. The third-order valence-corrected chi connectivity index (χ3v) is 7.42. The number of aromatic nitrogens is 4. The number of nitrogens with zero attached hydrogens (tertiary/aromatic N) is 6. The Morgan fingerprint density at radius 1 is 1.18 bits per heavy atom. The fourth-order valence-electron chi connectivity index (χ4n) is 5.16. The number of benzene rings is 2.